The molecule has 0 saturated heterocycles. The Morgan fingerprint density at radius 3 is 2.57 bits per heavy atom. The van der Waals surface area contributed by atoms with E-state index in [0.29, 0.717) is 28.5 Å². The lowest BCUT2D eigenvalue weighted by atomic mass is 10.2. The van der Waals surface area contributed by atoms with Crippen LogP contribution >= 0.6 is 12.0 Å². The Bertz CT molecular complexity index is 722. The first kappa shape index (κ1) is 17.3. The summed E-state index contributed by atoms with van der Waals surface area (Å²) in [6.07, 6.45) is 4.96. The second-order valence-corrected chi connectivity index (χ2v) is 6.43. The molecule has 0 amide bonds. The molecular formula is C15H20N4O3S. The van der Waals surface area contributed by atoms with Gasteiger partial charge in [-0.05, 0) is 27.7 Å². The average molecular weight is 336 g/mol. The quantitative estimate of drug-likeness (QED) is 0.627. The van der Waals surface area contributed by atoms with Crippen molar-refractivity contribution < 1.29 is 13.7 Å². The molecule has 0 aromatic carbocycles. The van der Waals surface area contributed by atoms with E-state index in [1.165, 1.54) is 16.7 Å². The minimum atomic E-state index is -0.592. The summed E-state index contributed by atoms with van der Waals surface area (Å²) in [5.41, 5.74) is 0.938. The van der Waals surface area contributed by atoms with Crippen LogP contribution in [0.3, 0.4) is 0 Å². The van der Waals surface area contributed by atoms with Crippen LogP contribution in [-0.4, -0.2) is 37.6 Å². The largest absolute Gasteiger partial charge is 0.455 e. The Labute approximate surface area is 139 Å². The maximum atomic E-state index is 12.4. The molecule has 8 heteroatoms. The van der Waals surface area contributed by atoms with Crippen molar-refractivity contribution in [3.63, 3.8) is 0 Å². The van der Waals surface area contributed by atoms with Crippen LogP contribution < -0.4 is 4.18 Å². The summed E-state index contributed by atoms with van der Waals surface area (Å²) in [5.74, 6) is 0.534. The van der Waals surface area contributed by atoms with Crippen molar-refractivity contribution in [2.24, 2.45) is 7.05 Å². The molecule has 0 atom stereocenters. The number of hydrogen-bond acceptors (Lipinski definition) is 7. The van der Waals surface area contributed by atoms with Gasteiger partial charge in [0, 0.05) is 13.3 Å². The summed E-state index contributed by atoms with van der Waals surface area (Å²) in [6, 6.07) is 0. The number of rotatable bonds is 4. The van der Waals surface area contributed by atoms with Gasteiger partial charge in [-0.2, -0.15) is 5.10 Å². The standard InChI is InChI=1S/C15H20N4O3S/c1-9-11(22-23-6)8-16-13(18-9)10-7-17-19(5)12(10)14(20)21-15(2,3)4/h7-8H,1-6H3. The van der Waals surface area contributed by atoms with Crippen LogP contribution in [0.4, 0.5) is 0 Å². The fraction of sp³-hybridized carbons (Fsp3) is 0.467. The number of esters is 1. The maximum Gasteiger partial charge on any atom is 0.357 e. The highest BCUT2D eigenvalue weighted by atomic mass is 32.2. The zero-order chi connectivity index (χ0) is 17.2. The van der Waals surface area contributed by atoms with Crippen LogP contribution in [0.2, 0.25) is 0 Å². The van der Waals surface area contributed by atoms with E-state index in [4.69, 9.17) is 8.92 Å². The highest BCUT2D eigenvalue weighted by Crippen LogP contribution is 2.25. The first-order chi connectivity index (χ1) is 10.7. The number of hydrogen-bond donors (Lipinski definition) is 0. The van der Waals surface area contributed by atoms with Crippen molar-refractivity contribution in [3.8, 4) is 17.1 Å². The molecule has 0 N–H and O–H groups in total. The van der Waals surface area contributed by atoms with E-state index in [1.54, 1.807) is 19.4 Å². The SMILES string of the molecule is CSOc1cnc(-c2cnn(C)c2C(=O)OC(C)(C)C)nc1C. The van der Waals surface area contributed by atoms with Crippen molar-refractivity contribution in [2.75, 3.05) is 6.26 Å². The molecule has 0 fully saturated rings. The summed E-state index contributed by atoms with van der Waals surface area (Å²) < 4.78 is 12.3. The van der Waals surface area contributed by atoms with Gasteiger partial charge in [0.15, 0.2) is 17.3 Å². The second-order valence-electron chi connectivity index (χ2n) is 5.93. The Balaban J connectivity index is 2.42. The van der Waals surface area contributed by atoms with Gasteiger partial charge in [0.2, 0.25) is 0 Å². The van der Waals surface area contributed by atoms with Crippen molar-refractivity contribution in [3.05, 3.63) is 23.8 Å². The first-order valence-corrected chi connectivity index (χ1v) is 8.18. The van der Waals surface area contributed by atoms with Gasteiger partial charge >= 0.3 is 5.97 Å². The molecule has 2 aromatic rings. The molecule has 0 aliphatic rings. The van der Waals surface area contributed by atoms with Gasteiger partial charge in [0.1, 0.15) is 5.60 Å². The third-order valence-electron chi connectivity index (χ3n) is 2.88. The van der Waals surface area contributed by atoms with E-state index in [0.717, 1.165) is 0 Å². The topological polar surface area (TPSA) is 79.1 Å². The number of carbonyl (C=O) groups excluding carboxylic acids is 1. The molecule has 0 aliphatic carbocycles. The van der Waals surface area contributed by atoms with E-state index in [1.807, 2.05) is 34.0 Å². The van der Waals surface area contributed by atoms with Gasteiger partial charge in [0.25, 0.3) is 0 Å². The number of aryl methyl sites for hydroxylation is 2. The van der Waals surface area contributed by atoms with Gasteiger partial charge in [-0.15, -0.1) is 0 Å². The lowest BCUT2D eigenvalue weighted by molar-refractivity contribution is 0.00584. The molecule has 0 spiro atoms. The fourth-order valence-electron chi connectivity index (χ4n) is 1.93. The van der Waals surface area contributed by atoms with Crippen LogP contribution in [0.5, 0.6) is 5.75 Å². The molecule has 0 saturated carbocycles. The molecule has 2 rings (SSSR count). The smallest absolute Gasteiger partial charge is 0.357 e. The van der Waals surface area contributed by atoms with E-state index in [9.17, 15) is 4.79 Å². The van der Waals surface area contributed by atoms with E-state index >= 15 is 0 Å². The maximum absolute atomic E-state index is 12.4. The third kappa shape index (κ3) is 4.01. The molecule has 23 heavy (non-hydrogen) atoms. The summed E-state index contributed by atoms with van der Waals surface area (Å²) in [7, 11) is 1.68. The summed E-state index contributed by atoms with van der Waals surface area (Å²) in [6.45, 7) is 7.27. The minimum absolute atomic E-state index is 0.317. The van der Waals surface area contributed by atoms with Crippen LogP contribution in [0.25, 0.3) is 11.4 Å². The molecule has 0 radical (unpaired) electrons. The van der Waals surface area contributed by atoms with Crippen LogP contribution in [0, 0.1) is 6.92 Å². The first-order valence-electron chi connectivity index (χ1n) is 7.03. The predicted octanol–water partition coefficient (Wildman–Crippen LogP) is 2.80. The zero-order valence-corrected chi connectivity index (χ0v) is 14.9. The van der Waals surface area contributed by atoms with Crippen molar-refractivity contribution >= 4 is 18.0 Å². The monoisotopic (exact) mass is 336 g/mol. The van der Waals surface area contributed by atoms with Crippen molar-refractivity contribution in [1.82, 2.24) is 19.7 Å². The van der Waals surface area contributed by atoms with Gasteiger partial charge in [-0.25, -0.2) is 14.8 Å². The van der Waals surface area contributed by atoms with E-state index in [-0.39, 0.29) is 0 Å². The van der Waals surface area contributed by atoms with Crippen LogP contribution in [0.15, 0.2) is 12.4 Å². The zero-order valence-electron chi connectivity index (χ0n) is 14.1. The molecule has 0 bridgehead atoms. The molecule has 2 heterocycles. The Morgan fingerprint density at radius 2 is 2.00 bits per heavy atom. The summed E-state index contributed by atoms with van der Waals surface area (Å²) in [5, 5.41) is 4.13. The fourth-order valence-corrected chi connectivity index (χ4v) is 2.27. The summed E-state index contributed by atoms with van der Waals surface area (Å²) in [4.78, 5) is 21.1. The van der Waals surface area contributed by atoms with E-state index < -0.39 is 11.6 Å². The second kappa shape index (κ2) is 6.57. The molecular weight excluding hydrogens is 316 g/mol. The Kier molecular flexibility index (Phi) is 4.93. The molecule has 7 nitrogen and oxygen atoms in total. The number of ether oxygens (including phenoxy) is 1. The van der Waals surface area contributed by atoms with Gasteiger partial charge < -0.3 is 8.92 Å². The number of aromatic nitrogens is 4. The van der Waals surface area contributed by atoms with Gasteiger partial charge in [-0.1, -0.05) is 0 Å². The normalized spacial score (nSPS) is 11.4. The van der Waals surface area contributed by atoms with E-state index in [2.05, 4.69) is 15.1 Å². The lowest BCUT2D eigenvalue weighted by Gasteiger charge is -2.19. The summed E-state index contributed by atoms with van der Waals surface area (Å²) >= 11 is 1.22. The molecule has 0 unspecified atom stereocenters. The average Bonchev–Trinajstić information content (AvgIpc) is 2.81. The highest BCUT2D eigenvalue weighted by molar-refractivity contribution is 7.94. The van der Waals surface area contributed by atoms with Gasteiger partial charge in [-0.3, -0.25) is 4.68 Å². The molecule has 124 valence electrons. The predicted molar refractivity (Wildman–Crippen MR) is 88.3 cm³/mol. The number of nitrogens with zero attached hydrogens (tertiary/aromatic N) is 4. The third-order valence-corrected chi connectivity index (χ3v) is 3.23. The molecule has 0 aliphatic heterocycles. The lowest BCUT2D eigenvalue weighted by Crippen LogP contribution is -2.25. The van der Waals surface area contributed by atoms with Crippen molar-refractivity contribution in [2.45, 2.75) is 33.3 Å². The Morgan fingerprint density at radius 1 is 1.30 bits per heavy atom. The highest BCUT2D eigenvalue weighted by Gasteiger charge is 2.25. The van der Waals surface area contributed by atoms with Crippen molar-refractivity contribution in [1.29, 1.82) is 0 Å². The van der Waals surface area contributed by atoms with Gasteiger partial charge in [0.05, 0.1) is 35.7 Å². The van der Waals surface area contributed by atoms with Crippen LogP contribution in [0.1, 0.15) is 37.0 Å². The van der Waals surface area contributed by atoms with Crippen LogP contribution in [-0.2, 0) is 11.8 Å². The molecule has 2 aromatic heterocycles. The Hall–Kier alpha value is -2.09. The minimum Gasteiger partial charge on any atom is -0.455 e. The number of carbonyl (C=O) groups is 1.